The van der Waals surface area contributed by atoms with Gasteiger partial charge in [-0.2, -0.15) is 5.26 Å². The van der Waals surface area contributed by atoms with Crippen molar-refractivity contribution in [2.45, 2.75) is 6.10 Å². The molecule has 2 rings (SSSR count). The summed E-state index contributed by atoms with van der Waals surface area (Å²) in [5.41, 5.74) is 0.352. The van der Waals surface area contributed by atoms with Gasteiger partial charge in [0.05, 0.1) is 24.5 Å². The van der Waals surface area contributed by atoms with E-state index in [1.165, 1.54) is 29.5 Å². The number of aliphatic hydroxyl groups excluding tert-OH is 1. The zero-order valence-corrected chi connectivity index (χ0v) is 15.1. The van der Waals surface area contributed by atoms with Gasteiger partial charge in [0, 0.05) is 16.4 Å². The van der Waals surface area contributed by atoms with Crippen LogP contribution in [0.15, 0.2) is 35.7 Å². The maximum atomic E-state index is 12.1. The van der Waals surface area contributed by atoms with Crippen LogP contribution in [0.25, 0.3) is 0 Å². The average Bonchev–Trinajstić information content (AvgIpc) is 3.16. The first-order chi connectivity index (χ1) is 12.5. The predicted octanol–water partition coefficient (Wildman–Crippen LogP) is 2.08. The standard InChI is InChI=1S/C17H16ClN3O4S/c18-12-4-3-11(9-19)13(8-12)21-17(24)16(23)20-10-14(25-6-5-22)15-2-1-7-26-15/h1-4,7-8,14,22H,5-6,10H2,(H,20,23)(H,21,24)/t14-/m0/s1. The molecule has 2 amide bonds. The number of rotatable bonds is 7. The van der Waals surface area contributed by atoms with Crippen molar-refractivity contribution in [1.82, 2.24) is 5.32 Å². The minimum atomic E-state index is -0.921. The van der Waals surface area contributed by atoms with Crippen molar-refractivity contribution in [2.75, 3.05) is 25.1 Å². The average molecular weight is 394 g/mol. The van der Waals surface area contributed by atoms with E-state index in [0.717, 1.165) is 4.88 Å². The van der Waals surface area contributed by atoms with Gasteiger partial charge in [-0.3, -0.25) is 9.59 Å². The number of ether oxygens (including phenoxy) is 1. The van der Waals surface area contributed by atoms with Crippen molar-refractivity contribution in [3.8, 4) is 6.07 Å². The molecule has 1 aromatic carbocycles. The van der Waals surface area contributed by atoms with Gasteiger partial charge in [0.1, 0.15) is 12.2 Å². The van der Waals surface area contributed by atoms with Crippen LogP contribution in [0.3, 0.4) is 0 Å². The molecule has 0 aliphatic heterocycles. The number of carbonyl (C=O) groups is 2. The van der Waals surface area contributed by atoms with Gasteiger partial charge in [-0.1, -0.05) is 17.7 Å². The van der Waals surface area contributed by atoms with Crippen molar-refractivity contribution in [2.24, 2.45) is 0 Å². The maximum Gasteiger partial charge on any atom is 0.313 e. The molecule has 0 aliphatic carbocycles. The summed E-state index contributed by atoms with van der Waals surface area (Å²) in [6, 6.07) is 9.95. The quantitative estimate of drug-likeness (QED) is 0.623. The lowest BCUT2D eigenvalue weighted by Gasteiger charge is -2.16. The van der Waals surface area contributed by atoms with Gasteiger partial charge < -0.3 is 20.5 Å². The molecule has 1 aromatic heterocycles. The third-order valence-corrected chi connectivity index (χ3v) is 4.47. The van der Waals surface area contributed by atoms with Crippen molar-refractivity contribution in [3.05, 3.63) is 51.2 Å². The van der Waals surface area contributed by atoms with E-state index in [2.05, 4.69) is 10.6 Å². The Morgan fingerprint density at radius 3 is 2.81 bits per heavy atom. The number of nitriles is 1. The molecule has 0 spiro atoms. The Kier molecular flexibility index (Phi) is 7.56. The highest BCUT2D eigenvalue weighted by molar-refractivity contribution is 7.10. The monoisotopic (exact) mass is 393 g/mol. The van der Waals surface area contributed by atoms with Crippen molar-refractivity contribution >= 4 is 40.4 Å². The Balaban J connectivity index is 1.97. The number of thiophene rings is 1. The first-order valence-corrected chi connectivity index (χ1v) is 8.85. The molecular formula is C17H16ClN3O4S. The van der Waals surface area contributed by atoms with Crippen molar-refractivity contribution in [3.63, 3.8) is 0 Å². The van der Waals surface area contributed by atoms with Gasteiger partial charge in [-0.25, -0.2) is 0 Å². The summed E-state index contributed by atoms with van der Waals surface area (Å²) in [6.45, 7) is 0.0219. The Hall–Kier alpha value is -2.44. The zero-order chi connectivity index (χ0) is 18.9. The second kappa shape index (κ2) is 9.89. The number of hydrogen-bond acceptors (Lipinski definition) is 6. The van der Waals surface area contributed by atoms with Crippen molar-refractivity contribution in [1.29, 1.82) is 5.26 Å². The van der Waals surface area contributed by atoms with E-state index in [0.29, 0.717) is 5.02 Å². The highest BCUT2D eigenvalue weighted by Crippen LogP contribution is 2.22. The van der Waals surface area contributed by atoms with Crippen LogP contribution in [0.2, 0.25) is 5.02 Å². The lowest BCUT2D eigenvalue weighted by molar-refractivity contribution is -0.136. The highest BCUT2D eigenvalue weighted by atomic mass is 35.5. The summed E-state index contributed by atoms with van der Waals surface area (Å²) in [4.78, 5) is 25.0. The summed E-state index contributed by atoms with van der Waals surface area (Å²) in [7, 11) is 0. The minimum Gasteiger partial charge on any atom is -0.394 e. The normalized spacial score (nSPS) is 11.4. The van der Waals surface area contributed by atoms with E-state index in [-0.39, 0.29) is 31.0 Å². The fraction of sp³-hybridized carbons (Fsp3) is 0.235. The molecule has 0 saturated heterocycles. The number of benzene rings is 1. The van der Waals surface area contributed by atoms with Gasteiger partial charge in [-0.15, -0.1) is 11.3 Å². The topological polar surface area (TPSA) is 111 Å². The fourth-order valence-corrected chi connectivity index (χ4v) is 3.02. The van der Waals surface area contributed by atoms with E-state index >= 15 is 0 Å². The molecule has 0 bridgehead atoms. The van der Waals surface area contributed by atoms with Crippen LogP contribution in [0.4, 0.5) is 5.69 Å². The molecule has 1 heterocycles. The number of aliphatic hydroxyl groups is 1. The number of hydrogen-bond donors (Lipinski definition) is 3. The van der Waals surface area contributed by atoms with E-state index < -0.39 is 17.9 Å². The summed E-state index contributed by atoms with van der Waals surface area (Å²) >= 11 is 7.29. The fourth-order valence-electron chi connectivity index (χ4n) is 2.07. The Morgan fingerprint density at radius 2 is 2.15 bits per heavy atom. The van der Waals surface area contributed by atoms with Crippen LogP contribution in [0.5, 0.6) is 0 Å². The van der Waals surface area contributed by atoms with Crippen LogP contribution in [-0.4, -0.2) is 36.7 Å². The van der Waals surface area contributed by atoms with Gasteiger partial charge in [0.15, 0.2) is 0 Å². The largest absolute Gasteiger partial charge is 0.394 e. The molecule has 3 N–H and O–H groups in total. The Labute approximate surface area is 159 Å². The lowest BCUT2D eigenvalue weighted by atomic mass is 10.2. The third kappa shape index (κ3) is 5.54. The maximum absolute atomic E-state index is 12.1. The molecule has 9 heteroatoms. The first kappa shape index (κ1) is 19.9. The minimum absolute atomic E-state index is 0.0629. The van der Waals surface area contributed by atoms with Crippen LogP contribution < -0.4 is 10.6 Å². The number of nitrogens with zero attached hydrogens (tertiary/aromatic N) is 1. The zero-order valence-electron chi connectivity index (χ0n) is 13.6. The smallest absolute Gasteiger partial charge is 0.313 e. The van der Waals surface area contributed by atoms with Crippen LogP contribution >= 0.6 is 22.9 Å². The van der Waals surface area contributed by atoms with Crippen LogP contribution in [-0.2, 0) is 14.3 Å². The van der Waals surface area contributed by atoms with Crippen LogP contribution in [0, 0.1) is 11.3 Å². The SMILES string of the molecule is N#Cc1ccc(Cl)cc1NC(=O)C(=O)NC[C@H](OCCO)c1cccs1. The molecule has 0 aliphatic rings. The molecule has 0 unspecified atom stereocenters. The molecular weight excluding hydrogens is 378 g/mol. The number of halogens is 1. The van der Waals surface area contributed by atoms with Crippen molar-refractivity contribution < 1.29 is 19.4 Å². The molecule has 136 valence electrons. The molecule has 0 radical (unpaired) electrons. The lowest BCUT2D eigenvalue weighted by Crippen LogP contribution is -2.38. The molecule has 7 nitrogen and oxygen atoms in total. The molecule has 0 saturated carbocycles. The van der Waals surface area contributed by atoms with Gasteiger partial charge in [0.25, 0.3) is 0 Å². The number of amides is 2. The van der Waals surface area contributed by atoms with E-state index in [9.17, 15) is 9.59 Å². The van der Waals surface area contributed by atoms with E-state index in [1.54, 1.807) is 0 Å². The summed E-state index contributed by atoms with van der Waals surface area (Å²) in [5, 5.41) is 25.0. The van der Waals surface area contributed by atoms with E-state index in [1.807, 2.05) is 23.6 Å². The molecule has 26 heavy (non-hydrogen) atoms. The summed E-state index contributed by atoms with van der Waals surface area (Å²) in [5.74, 6) is -1.79. The summed E-state index contributed by atoms with van der Waals surface area (Å²) in [6.07, 6.45) is -0.472. The number of nitrogens with one attached hydrogen (secondary N) is 2. The highest BCUT2D eigenvalue weighted by Gasteiger charge is 2.19. The number of anilines is 1. The molecule has 1 atom stereocenters. The third-order valence-electron chi connectivity index (χ3n) is 3.28. The Bertz CT molecular complexity index is 805. The van der Waals surface area contributed by atoms with Gasteiger partial charge >= 0.3 is 11.8 Å². The molecule has 2 aromatic rings. The first-order valence-electron chi connectivity index (χ1n) is 7.60. The Morgan fingerprint density at radius 1 is 1.35 bits per heavy atom. The van der Waals surface area contributed by atoms with Gasteiger partial charge in [0.2, 0.25) is 0 Å². The second-order valence-corrected chi connectivity index (χ2v) is 6.48. The summed E-state index contributed by atoms with van der Waals surface area (Å²) < 4.78 is 5.49. The van der Waals surface area contributed by atoms with E-state index in [4.69, 9.17) is 26.7 Å². The predicted molar refractivity (Wildman–Crippen MR) is 97.9 cm³/mol. The number of carbonyl (C=O) groups excluding carboxylic acids is 2. The van der Waals surface area contributed by atoms with Crippen LogP contribution in [0.1, 0.15) is 16.5 Å². The second-order valence-electron chi connectivity index (χ2n) is 5.06. The molecule has 0 fully saturated rings. The van der Waals surface area contributed by atoms with Gasteiger partial charge in [-0.05, 0) is 29.6 Å².